The summed E-state index contributed by atoms with van der Waals surface area (Å²) < 4.78 is 5.27. The van der Waals surface area contributed by atoms with Crippen molar-refractivity contribution in [3.8, 4) is 5.75 Å². The fourth-order valence-electron chi connectivity index (χ4n) is 3.67. The van der Waals surface area contributed by atoms with E-state index in [1.807, 2.05) is 47.4 Å². The van der Waals surface area contributed by atoms with Crippen molar-refractivity contribution in [2.45, 2.75) is 26.6 Å². The molecule has 2 N–H and O–H groups in total. The zero-order valence-corrected chi connectivity index (χ0v) is 19.6. The number of methoxy groups -OCH3 is 1. The van der Waals surface area contributed by atoms with Crippen LogP contribution in [0, 0.1) is 6.92 Å². The number of ether oxygens (including phenoxy) is 1. The highest BCUT2D eigenvalue weighted by Gasteiger charge is 2.14. The first kappa shape index (κ1) is 22.6. The van der Waals surface area contributed by atoms with Gasteiger partial charge in [-0.05, 0) is 53.9 Å². The number of H-pyrrole nitrogens is 1. The fraction of sp³-hybridized carbons (Fsp3) is 0.185. The number of hydrogen-bond acceptors (Lipinski definition) is 3. The summed E-state index contributed by atoms with van der Waals surface area (Å²) >= 11 is 5.76. The predicted octanol–water partition coefficient (Wildman–Crippen LogP) is 4.92. The lowest BCUT2D eigenvalue weighted by Gasteiger charge is -2.26. The Kier molecular flexibility index (Phi) is 7.05. The molecule has 33 heavy (non-hydrogen) atoms. The monoisotopic (exact) mass is 457 g/mol. The Bertz CT molecular complexity index is 1300. The zero-order chi connectivity index (χ0) is 23.2. The highest BCUT2D eigenvalue weighted by molar-refractivity contribution is 7.80. The van der Waals surface area contributed by atoms with Gasteiger partial charge in [-0.15, -0.1) is 0 Å². The number of aromatic nitrogens is 1. The predicted molar refractivity (Wildman–Crippen MR) is 137 cm³/mol. The summed E-state index contributed by atoms with van der Waals surface area (Å²) in [5.74, 6) is 0.707. The fourth-order valence-corrected chi connectivity index (χ4v) is 3.88. The Morgan fingerprint density at radius 1 is 0.970 bits per heavy atom. The molecule has 0 aliphatic heterocycles. The lowest BCUT2D eigenvalue weighted by molar-refractivity contribution is 0.397. The number of pyridine rings is 1. The average Bonchev–Trinajstić information content (AvgIpc) is 2.84. The van der Waals surface area contributed by atoms with E-state index in [2.05, 4.69) is 53.6 Å². The number of aromatic amines is 1. The van der Waals surface area contributed by atoms with Crippen molar-refractivity contribution in [1.29, 1.82) is 0 Å². The van der Waals surface area contributed by atoms with Crippen LogP contribution in [0.4, 0.5) is 0 Å². The number of fused-ring (bicyclic) bond motifs is 1. The molecule has 4 aromatic rings. The molecular weight excluding hydrogens is 430 g/mol. The summed E-state index contributed by atoms with van der Waals surface area (Å²) in [7, 11) is 1.61. The standard InChI is InChI=1S/C27H27N3O2S/c1-19-8-10-21(11-9-19)17-30(27(33)28-16-20-6-4-3-5-7-20)18-23-14-22-12-13-24(32-2)15-25(22)29-26(23)31/h3-15H,16-18H2,1-2H3,(H,28,33)(H,29,31). The van der Waals surface area contributed by atoms with E-state index in [0.717, 1.165) is 22.0 Å². The maximum absolute atomic E-state index is 12.9. The second kappa shape index (κ2) is 10.3. The largest absolute Gasteiger partial charge is 0.497 e. The molecule has 0 unspecified atom stereocenters. The van der Waals surface area contributed by atoms with Gasteiger partial charge in [-0.1, -0.05) is 60.2 Å². The number of benzene rings is 3. The number of nitrogens with one attached hydrogen (secondary N) is 2. The molecule has 0 spiro atoms. The summed E-state index contributed by atoms with van der Waals surface area (Å²) in [4.78, 5) is 17.9. The van der Waals surface area contributed by atoms with Crippen molar-refractivity contribution < 1.29 is 4.74 Å². The molecule has 4 rings (SSSR count). The van der Waals surface area contributed by atoms with Crippen LogP contribution >= 0.6 is 12.2 Å². The van der Waals surface area contributed by atoms with Crippen molar-refractivity contribution in [3.63, 3.8) is 0 Å². The second-order valence-electron chi connectivity index (χ2n) is 8.06. The van der Waals surface area contributed by atoms with Crippen molar-refractivity contribution in [3.05, 3.63) is 111 Å². The lowest BCUT2D eigenvalue weighted by atomic mass is 10.1. The lowest BCUT2D eigenvalue weighted by Crippen LogP contribution is -2.39. The van der Waals surface area contributed by atoms with Crippen LogP contribution in [0.15, 0.2) is 83.7 Å². The maximum atomic E-state index is 12.9. The van der Waals surface area contributed by atoms with Crippen molar-refractivity contribution in [1.82, 2.24) is 15.2 Å². The molecule has 0 radical (unpaired) electrons. The van der Waals surface area contributed by atoms with Crippen LogP contribution in [-0.4, -0.2) is 22.1 Å². The van der Waals surface area contributed by atoms with E-state index in [1.165, 1.54) is 5.56 Å². The van der Waals surface area contributed by atoms with Gasteiger partial charge in [0.1, 0.15) is 5.75 Å². The average molecular weight is 458 g/mol. The number of hydrogen-bond donors (Lipinski definition) is 2. The summed E-state index contributed by atoms with van der Waals surface area (Å²) in [6.45, 7) is 3.68. The summed E-state index contributed by atoms with van der Waals surface area (Å²) in [6, 6.07) is 26.1. The highest BCUT2D eigenvalue weighted by Crippen LogP contribution is 2.19. The smallest absolute Gasteiger partial charge is 0.253 e. The summed E-state index contributed by atoms with van der Waals surface area (Å²) in [5, 5.41) is 4.90. The Hall–Kier alpha value is -3.64. The molecule has 0 bridgehead atoms. The first-order valence-electron chi connectivity index (χ1n) is 10.8. The summed E-state index contributed by atoms with van der Waals surface area (Å²) in [6.07, 6.45) is 0. The van der Waals surface area contributed by atoms with Gasteiger partial charge in [0.15, 0.2) is 5.11 Å². The molecule has 6 heteroatoms. The van der Waals surface area contributed by atoms with E-state index in [0.29, 0.717) is 36.1 Å². The molecule has 0 atom stereocenters. The minimum absolute atomic E-state index is 0.129. The summed E-state index contributed by atoms with van der Waals surface area (Å²) in [5.41, 5.74) is 4.76. The second-order valence-corrected chi connectivity index (χ2v) is 8.45. The normalized spacial score (nSPS) is 10.7. The van der Waals surface area contributed by atoms with Gasteiger partial charge in [0.2, 0.25) is 0 Å². The van der Waals surface area contributed by atoms with Gasteiger partial charge in [0.25, 0.3) is 5.56 Å². The van der Waals surface area contributed by atoms with Crippen molar-refractivity contribution in [2.75, 3.05) is 7.11 Å². The van der Waals surface area contributed by atoms with Gasteiger partial charge in [-0.2, -0.15) is 0 Å². The van der Waals surface area contributed by atoms with Gasteiger partial charge < -0.3 is 19.9 Å². The minimum Gasteiger partial charge on any atom is -0.497 e. The SMILES string of the molecule is COc1ccc2cc(CN(Cc3ccc(C)cc3)C(=S)NCc3ccccc3)c(=O)[nH]c2c1. The zero-order valence-electron chi connectivity index (χ0n) is 18.8. The Balaban J connectivity index is 1.59. The van der Waals surface area contributed by atoms with Gasteiger partial charge in [0, 0.05) is 24.7 Å². The molecule has 0 saturated carbocycles. The van der Waals surface area contributed by atoms with E-state index in [9.17, 15) is 4.79 Å². The quantitative estimate of drug-likeness (QED) is 0.386. The first-order chi connectivity index (χ1) is 16.0. The van der Waals surface area contributed by atoms with Gasteiger partial charge >= 0.3 is 0 Å². The third-order valence-corrected chi connectivity index (χ3v) is 5.96. The molecule has 5 nitrogen and oxygen atoms in total. The Labute approximate surface area is 199 Å². The topological polar surface area (TPSA) is 57.4 Å². The van der Waals surface area contributed by atoms with Gasteiger partial charge in [-0.25, -0.2) is 0 Å². The molecule has 0 fully saturated rings. The molecule has 0 amide bonds. The molecule has 0 aliphatic rings. The third-order valence-electron chi connectivity index (χ3n) is 5.56. The Morgan fingerprint density at radius 3 is 2.45 bits per heavy atom. The van der Waals surface area contributed by atoms with Crippen LogP contribution in [-0.2, 0) is 19.6 Å². The minimum atomic E-state index is -0.129. The van der Waals surface area contributed by atoms with Crippen LogP contribution in [0.5, 0.6) is 5.75 Å². The van der Waals surface area contributed by atoms with E-state index in [1.54, 1.807) is 7.11 Å². The number of thiocarbonyl (C=S) groups is 1. The van der Waals surface area contributed by atoms with Gasteiger partial charge in [0.05, 0.1) is 19.2 Å². The van der Waals surface area contributed by atoms with Crippen LogP contribution in [0.3, 0.4) is 0 Å². The van der Waals surface area contributed by atoms with Crippen LogP contribution in [0.2, 0.25) is 0 Å². The van der Waals surface area contributed by atoms with Crippen LogP contribution in [0.25, 0.3) is 10.9 Å². The van der Waals surface area contributed by atoms with E-state index in [4.69, 9.17) is 17.0 Å². The number of rotatable bonds is 7. The molecule has 0 aliphatic carbocycles. The number of aryl methyl sites for hydroxylation is 1. The molecule has 3 aromatic carbocycles. The van der Waals surface area contributed by atoms with Crippen molar-refractivity contribution in [2.24, 2.45) is 0 Å². The van der Waals surface area contributed by atoms with Crippen LogP contribution < -0.4 is 15.6 Å². The third kappa shape index (κ3) is 5.79. The molecule has 0 saturated heterocycles. The number of nitrogens with zero attached hydrogens (tertiary/aromatic N) is 1. The van der Waals surface area contributed by atoms with Crippen molar-refractivity contribution >= 4 is 28.2 Å². The Morgan fingerprint density at radius 2 is 1.73 bits per heavy atom. The maximum Gasteiger partial charge on any atom is 0.253 e. The van der Waals surface area contributed by atoms with E-state index in [-0.39, 0.29) is 5.56 Å². The highest BCUT2D eigenvalue weighted by atomic mass is 32.1. The molecule has 168 valence electrons. The van der Waals surface area contributed by atoms with Gasteiger partial charge in [-0.3, -0.25) is 4.79 Å². The van der Waals surface area contributed by atoms with E-state index >= 15 is 0 Å². The van der Waals surface area contributed by atoms with E-state index < -0.39 is 0 Å². The van der Waals surface area contributed by atoms with Crippen LogP contribution in [0.1, 0.15) is 22.3 Å². The molecular formula is C27H27N3O2S. The molecule has 1 heterocycles. The molecule has 1 aromatic heterocycles. The first-order valence-corrected chi connectivity index (χ1v) is 11.2.